The van der Waals surface area contributed by atoms with Crippen LogP contribution in [-0.2, 0) is 4.79 Å². The lowest BCUT2D eigenvalue weighted by atomic mass is 10.3. The van der Waals surface area contributed by atoms with Crippen LogP contribution in [0.3, 0.4) is 0 Å². The molecule has 0 radical (unpaired) electrons. The second-order valence-corrected chi connectivity index (χ2v) is 4.22. The Labute approximate surface area is 88.5 Å². The molecular weight excluding hydrogens is 206 g/mol. The van der Waals surface area contributed by atoms with Crippen molar-refractivity contribution in [2.75, 3.05) is 19.1 Å². The van der Waals surface area contributed by atoms with E-state index >= 15 is 0 Å². The molecule has 0 aliphatic carbocycles. The van der Waals surface area contributed by atoms with Crippen LogP contribution in [0.4, 0.5) is 0 Å². The molecule has 0 saturated heterocycles. The molecule has 76 valence electrons. The number of thiocarbonyl (C=S) groups is 1. The molecule has 0 rings (SSSR count). The van der Waals surface area contributed by atoms with E-state index < -0.39 is 12.0 Å². The van der Waals surface area contributed by atoms with Gasteiger partial charge < -0.3 is 10.0 Å². The van der Waals surface area contributed by atoms with E-state index in [1.165, 1.54) is 0 Å². The lowest BCUT2D eigenvalue weighted by Gasteiger charge is -2.23. The fraction of sp³-hybridized carbons (Fsp3) is 0.750. The molecular formula is C8H15NO2S2. The molecule has 3 nitrogen and oxygen atoms in total. The number of likely N-dealkylation sites (N-methyl/N-ethyl adjacent to an activating group) is 1. The van der Waals surface area contributed by atoms with Crippen LogP contribution >= 0.6 is 24.0 Å². The Kier molecular flexibility index (Phi) is 6.07. The molecule has 1 atom stereocenters. The molecule has 1 N–H and O–H groups in total. The largest absolute Gasteiger partial charge is 0.480 e. The average Bonchev–Trinajstić information content (AvgIpc) is 2.11. The van der Waals surface area contributed by atoms with Crippen molar-refractivity contribution in [1.82, 2.24) is 4.90 Å². The highest BCUT2D eigenvalue weighted by atomic mass is 32.2. The molecule has 0 aliphatic rings. The molecule has 0 fully saturated rings. The first-order chi connectivity index (χ1) is 6.00. The van der Waals surface area contributed by atoms with Gasteiger partial charge in [-0.2, -0.15) is 11.8 Å². The summed E-state index contributed by atoms with van der Waals surface area (Å²) in [7, 11) is 1.72. The van der Waals surface area contributed by atoms with E-state index in [4.69, 9.17) is 17.3 Å². The molecule has 5 heteroatoms. The van der Waals surface area contributed by atoms with Gasteiger partial charge in [-0.25, -0.2) is 4.79 Å². The number of carbonyl (C=O) groups is 1. The molecule has 0 bridgehead atoms. The van der Waals surface area contributed by atoms with E-state index in [2.05, 4.69) is 0 Å². The van der Waals surface area contributed by atoms with Gasteiger partial charge in [0.1, 0.15) is 6.04 Å². The zero-order valence-electron chi connectivity index (χ0n) is 8.11. The fourth-order valence-electron chi connectivity index (χ4n) is 0.747. The molecule has 0 unspecified atom stereocenters. The van der Waals surface area contributed by atoms with Crippen LogP contribution < -0.4 is 0 Å². The molecule has 0 spiro atoms. The van der Waals surface area contributed by atoms with Crippen molar-refractivity contribution in [2.45, 2.75) is 19.4 Å². The minimum atomic E-state index is -0.839. The van der Waals surface area contributed by atoms with Crippen molar-refractivity contribution in [1.29, 1.82) is 0 Å². The van der Waals surface area contributed by atoms with E-state index in [1.54, 1.807) is 30.6 Å². The maximum absolute atomic E-state index is 10.6. The van der Waals surface area contributed by atoms with Gasteiger partial charge in [0.2, 0.25) is 0 Å². The molecule has 0 aromatic heterocycles. The van der Waals surface area contributed by atoms with Crippen molar-refractivity contribution in [2.24, 2.45) is 0 Å². The van der Waals surface area contributed by atoms with Crippen LogP contribution in [-0.4, -0.2) is 46.1 Å². The number of carboxylic acids is 1. The van der Waals surface area contributed by atoms with E-state index in [1.807, 2.05) is 6.26 Å². The SMILES string of the molecule is CSCCC(=S)N(C)[C@@H](C)C(=O)O. The first-order valence-corrected chi connectivity index (χ1v) is 5.78. The standard InChI is InChI=1S/C8H15NO2S2/c1-6(8(10)11)9(2)7(12)4-5-13-3/h6H,4-5H2,1-3H3,(H,10,11)/t6-/m0/s1. The van der Waals surface area contributed by atoms with Gasteiger partial charge >= 0.3 is 5.97 Å². The Morgan fingerprint density at radius 2 is 2.23 bits per heavy atom. The van der Waals surface area contributed by atoms with Crippen molar-refractivity contribution in [3.63, 3.8) is 0 Å². The Morgan fingerprint density at radius 1 is 1.69 bits per heavy atom. The highest BCUT2D eigenvalue weighted by Gasteiger charge is 2.18. The monoisotopic (exact) mass is 221 g/mol. The maximum Gasteiger partial charge on any atom is 0.326 e. The summed E-state index contributed by atoms with van der Waals surface area (Å²) in [6.45, 7) is 1.63. The lowest BCUT2D eigenvalue weighted by Crippen LogP contribution is -2.39. The van der Waals surface area contributed by atoms with Crippen LogP contribution in [0.5, 0.6) is 0 Å². The molecule has 13 heavy (non-hydrogen) atoms. The van der Waals surface area contributed by atoms with Crippen LogP contribution in [0.15, 0.2) is 0 Å². The third-order valence-corrected chi connectivity index (χ3v) is 2.96. The topological polar surface area (TPSA) is 40.5 Å². The average molecular weight is 221 g/mol. The van der Waals surface area contributed by atoms with Gasteiger partial charge in [-0.05, 0) is 18.9 Å². The summed E-state index contributed by atoms with van der Waals surface area (Å²) in [5.41, 5.74) is 0. The predicted molar refractivity (Wildman–Crippen MR) is 60.5 cm³/mol. The number of nitrogens with zero attached hydrogens (tertiary/aromatic N) is 1. The number of hydrogen-bond donors (Lipinski definition) is 1. The van der Waals surface area contributed by atoms with Gasteiger partial charge in [-0.3, -0.25) is 0 Å². The van der Waals surface area contributed by atoms with Crippen molar-refractivity contribution in [3.8, 4) is 0 Å². The third kappa shape index (κ3) is 4.47. The lowest BCUT2D eigenvalue weighted by molar-refractivity contribution is -0.140. The quantitative estimate of drug-likeness (QED) is 0.712. The Balaban J connectivity index is 4.01. The van der Waals surface area contributed by atoms with Crippen LogP contribution in [0.2, 0.25) is 0 Å². The number of thioether (sulfide) groups is 1. The van der Waals surface area contributed by atoms with Crippen LogP contribution in [0.1, 0.15) is 13.3 Å². The second-order valence-electron chi connectivity index (χ2n) is 2.76. The molecule has 0 aromatic carbocycles. The van der Waals surface area contributed by atoms with Gasteiger partial charge in [0.05, 0.1) is 4.99 Å². The summed E-state index contributed by atoms with van der Waals surface area (Å²) in [5.74, 6) is 0.101. The zero-order valence-corrected chi connectivity index (χ0v) is 9.74. The van der Waals surface area contributed by atoms with Crippen molar-refractivity contribution in [3.05, 3.63) is 0 Å². The zero-order chi connectivity index (χ0) is 10.4. The van der Waals surface area contributed by atoms with Crippen LogP contribution in [0, 0.1) is 0 Å². The first-order valence-electron chi connectivity index (χ1n) is 3.98. The summed E-state index contributed by atoms with van der Waals surface area (Å²) in [5, 5.41) is 8.72. The van der Waals surface area contributed by atoms with Crippen LogP contribution in [0.25, 0.3) is 0 Å². The summed E-state index contributed by atoms with van der Waals surface area (Å²) in [4.78, 5) is 13.0. The van der Waals surface area contributed by atoms with Gasteiger partial charge in [0, 0.05) is 13.5 Å². The fourth-order valence-corrected chi connectivity index (χ4v) is 1.53. The smallest absolute Gasteiger partial charge is 0.326 e. The predicted octanol–water partition coefficient (Wildman–Crippen LogP) is 1.47. The second kappa shape index (κ2) is 6.21. The van der Waals surface area contributed by atoms with Gasteiger partial charge in [0.15, 0.2) is 0 Å². The molecule has 0 heterocycles. The number of carboxylic acid groups (broad SMARTS) is 1. The maximum atomic E-state index is 10.6. The van der Waals surface area contributed by atoms with Gasteiger partial charge in [-0.1, -0.05) is 12.2 Å². The molecule has 0 amide bonds. The minimum absolute atomic E-state index is 0.533. The van der Waals surface area contributed by atoms with Gasteiger partial charge in [-0.15, -0.1) is 0 Å². The minimum Gasteiger partial charge on any atom is -0.480 e. The summed E-state index contributed by atoms with van der Waals surface area (Å²) in [6.07, 6.45) is 2.77. The normalized spacial score (nSPS) is 12.2. The molecule has 0 saturated carbocycles. The Hall–Kier alpha value is -0.290. The summed E-state index contributed by atoms with van der Waals surface area (Å²) >= 11 is 6.79. The number of aliphatic carboxylic acids is 1. The van der Waals surface area contributed by atoms with E-state index in [0.29, 0.717) is 4.99 Å². The van der Waals surface area contributed by atoms with Crippen molar-refractivity contribution >= 4 is 34.9 Å². The first kappa shape index (κ1) is 12.7. The molecule has 0 aliphatic heterocycles. The van der Waals surface area contributed by atoms with E-state index in [-0.39, 0.29) is 0 Å². The van der Waals surface area contributed by atoms with E-state index in [9.17, 15) is 4.79 Å². The van der Waals surface area contributed by atoms with Crippen molar-refractivity contribution < 1.29 is 9.90 Å². The highest BCUT2D eigenvalue weighted by Crippen LogP contribution is 2.04. The Bertz CT molecular complexity index is 197. The number of hydrogen-bond acceptors (Lipinski definition) is 3. The van der Waals surface area contributed by atoms with E-state index in [0.717, 1.165) is 12.2 Å². The van der Waals surface area contributed by atoms with Gasteiger partial charge in [0.25, 0.3) is 0 Å². The third-order valence-electron chi connectivity index (χ3n) is 1.85. The molecule has 0 aromatic rings. The summed E-state index contributed by atoms with van der Waals surface area (Å²) < 4.78 is 0. The number of rotatable bonds is 5. The highest BCUT2D eigenvalue weighted by molar-refractivity contribution is 7.98. The Morgan fingerprint density at radius 3 is 2.62 bits per heavy atom. The summed E-state index contributed by atoms with van der Waals surface area (Å²) in [6, 6.07) is -0.533.